The molecule has 1 heterocycles. The Morgan fingerprint density at radius 1 is 1.29 bits per heavy atom. The third-order valence-corrected chi connectivity index (χ3v) is 4.94. The lowest BCUT2D eigenvalue weighted by molar-refractivity contribution is -0.870. The number of carbonyl (C=O) groups is 1. The Kier molecular flexibility index (Phi) is 8.81. The zero-order valence-corrected chi connectivity index (χ0v) is 19.7. The van der Waals surface area contributed by atoms with E-state index in [-0.39, 0.29) is 47.6 Å². The van der Waals surface area contributed by atoms with E-state index in [2.05, 4.69) is 15.3 Å². The summed E-state index contributed by atoms with van der Waals surface area (Å²) in [7, 11) is 6.04. The van der Waals surface area contributed by atoms with Crippen LogP contribution in [0.15, 0.2) is 24.3 Å². The minimum absolute atomic E-state index is 0.000443. The van der Waals surface area contributed by atoms with E-state index < -0.39 is 17.8 Å². The average Bonchev–Trinajstić information content (AvgIpc) is 2.72. The van der Waals surface area contributed by atoms with Crippen LogP contribution < -0.4 is 15.8 Å². The number of quaternary nitrogens is 1. The zero-order valence-electron chi connectivity index (χ0n) is 19.7. The van der Waals surface area contributed by atoms with Gasteiger partial charge in [-0.25, -0.2) is 0 Å². The summed E-state index contributed by atoms with van der Waals surface area (Å²) in [6.07, 6.45) is -3.69. The summed E-state index contributed by atoms with van der Waals surface area (Å²) in [4.78, 5) is 21.2. The highest BCUT2D eigenvalue weighted by Gasteiger charge is 2.31. The second kappa shape index (κ2) is 11.2. The summed E-state index contributed by atoms with van der Waals surface area (Å²) in [5, 5.41) is 12.6. The van der Waals surface area contributed by atoms with Crippen molar-refractivity contribution in [3.63, 3.8) is 0 Å². The second-order valence-corrected chi connectivity index (χ2v) is 8.85. The molecule has 34 heavy (non-hydrogen) atoms. The number of rotatable bonds is 11. The normalized spacial score (nSPS) is 12.6. The Labute approximate surface area is 197 Å². The van der Waals surface area contributed by atoms with Gasteiger partial charge in [-0.2, -0.15) is 28.4 Å². The van der Waals surface area contributed by atoms with E-state index >= 15 is 0 Å². The Morgan fingerprint density at radius 3 is 2.59 bits per heavy atom. The average molecular weight is 480 g/mol. The van der Waals surface area contributed by atoms with E-state index in [4.69, 9.17) is 10.5 Å². The van der Waals surface area contributed by atoms with Gasteiger partial charge in [-0.1, -0.05) is 18.2 Å². The van der Waals surface area contributed by atoms with Gasteiger partial charge in [0.25, 0.3) is 0 Å². The molecule has 1 aromatic carbocycles. The highest BCUT2D eigenvalue weighted by molar-refractivity contribution is 5.88. The molecule has 0 bridgehead atoms. The van der Waals surface area contributed by atoms with Crippen LogP contribution in [0.5, 0.6) is 5.88 Å². The van der Waals surface area contributed by atoms with Gasteiger partial charge in [0.15, 0.2) is 17.2 Å². The molecule has 0 fully saturated rings. The summed E-state index contributed by atoms with van der Waals surface area (Å²) in [6.45, 7) is 2.72. The van der Waals surface area contributed by atoms with Crippen LogP contribution >= 0.6 is 0 Å². The standard InChI is InChI=1S/C23H30F3N6O2/c1-5-34-21-17(14-27)20(30-22(28)31-21)29-18(10-7-11-32(2,3)4)19(33)13-15-8-6-9-16(12-15)23(24,25)26/h6,8-9,12,18H,5,7,10-11,13H2,1-4H3,(H3,28,29,30,31)/q+1/t18-/m0/s1. The number of halogens is 3. The Morgan fingerprint density at radius 2 is 2.00 bits per heavy atom. The minimum atomic E-state index is -4.50. The Hall–Kier alpha value is -3.39. The maximum atomic E-state index is 13.2. The van der Waals surface area contributed by atoms with Gasteiger partial charge in [0.2, 0.25) is 11.8 Å². The van der Waals surface area contributed by atoms with Crippen molar-refractivity contribution in [1.82, 2.24) is 9.97 Å². The quantitative estimate of drug-likeness (QED) is 0.475. The number of nitriles is 1. The van der Waals surface area contributed by atoms with Crippen LogP contribution in [0.25, 0.3) is 0 Å². The number of aromatic nitrogens is 2. The fourth-order valence-electron chi connectivity index (χ4n) is 3.33. The van der Waals surface area contributed by atoms with E-state index in [1.54, 1.807) is 6.92 Å². The van der Waals surface area contributed by atoms with E-state index in [9.17, 15) is 23.2 Å². The van der Waals surface area contributed by atoms with E-state index in [1.165, 1.54) is 12.1 Å². The van der Waals surface area contributed by atoms with E-state index in [1.807, 2.05) is 27.2 Å². The number of nitrogens with two attached hydrogens (primary N) is 1. The van der Waals surface area contributed by atoms with Crippen molar-refractivity contribution in [3.05, 3.63) is 41.0 Å². The first-order chi connectivity index (χ1) is 15.8. The maximum absolute atomic E-state index is 13.2. The number of nitrogen functional groups attached to an aromatic ring is 1. The number of hydrogen-bond donors (Lipinski definition) is 2. The van der Waals surface area contributed by atoms with Gasteiger partial charge in [0.1, 0.15) is 6.07 Å². The molecule has 1 atom stereocenters. The fraction of sp³-hybridized carbons (Fsp3) is 0.478. The highest BCUT2D eigenvalue weighted by Crippen LogP contribution is 2.30. The molecule has 8 nitrogen and oxygen atoms in total. The molecule has 0 saturated heterocycles. The molecular formula is C23H30F3N6O2+. The molecule has 0 aliphatic heterocycles. The third-order valence-electron chi connectivity index (χ3n) is 4.94. The number of nitrogens with zero attached hydrogens (tertiary/aromatic N) is 4. The van der Waals surface area contributed by atoms with E-state index in [0.29, 0.717) is 17.3 Å². The number of hydrogen-bond acceptors (Lipinski definition) is 7. The molecule has 3 N–H and O–H groups in total. The Balaban J connectivity index is 2.34. The summed E-state index contributed by atoms with van der Waals surface area (Å²) < 4.78 is 45.3. The van der Waals surface area contributed by atoms with Gasteiger partial charge < -0.3 is 20.3 Å². The molecule has 0 amide bonds. The van der Waals surface area contributed by atoms with Crippen molar-refractivity contribution in [2.45, 2.75) is 38.4 Å². The first-order valence-electron chi connectivity index (χ1n) is 10.8. The van der Waals surface area contributed by atoms with Crippen molar-refractivity contribution in [3.8, 4) is 11.9 Å². The number of benzene rings is 1. The highest BCUT2D eigenvalue weighted by atomic mass is 19.4. The molecule has 184 valence electrons. The lowest BCUT2D eigenvalue weighted by Crippen LogP contribution is -2.37. The van der Waals surface area contributed by atoms with Crippen molar-refractivity contribution in [2.24, 2.45) is 0 Å². The molecular weight excluding hydrogens is 449 g/mol. The number of nitrogens with one attached hydrogen (secondary N) is 1. The van der Waals surface area contributed by atoms with Crippen molar-refractivity contribution >= 4 is 17.5 Å². The predicted octanol–water partition coefficient (Wildman–Crippen LogP) is 3.43. The largest absolute Gasteiger partial charge is 0.477 e. The van der Waals surface area contributed by atoms with Gasteiger partial charge >= 0.3 is 6.18 Å². The van der Waals surface area contributed by atoms with Gasteiger partial charge in [-0.3, -0.25) is 4.79 Å². The van der Waals surface area contributed by atoms with Crippen molar-refractivity contribution in [1.29, 1.82) is 5.26 Å². The summed E-state index contributed by atoms with van der Waals surface area (Å²) >= 11 is 0. The number of anilines is 2. The minimum Gasteiger partial charge on any atom is -0.477 e. The molecule has 11 heteroatoms. The number of carbonyl (C=O) groups excluding carboxylic acids is 1. The van der Waals surface area contributed by atoms with Gasteiger partial charge in [-0.05, 0) is 31.4 Å². The van der Waals surface area contributed by atoms with Gasteiger partial charge in [0.05, 0.1) is 45.9 Å². The molecule has 0 aliphatic carbocycles. The SMILES string of the molecule is CCOc1nc(N)nc(N[C@@H](CCC[N+](C)(C)C)C(=O)Cc2cccc(C(F)(F)F)c2)c1C#N. The molecule has 1 aromatic heterocycles. The van der Waals surface area contributed by atoms with E-state index in [0.717, 1.165) is 18.7 Å². The topological polar surface area (TPSA) is 114 Å². The monoisotopic (exact) mass is 479 g/mol. The molecule has 0 radical (unpaired) electrons. The van der Waals surface area contributed by atoms with Crippen LogP contribution in [0.4, 0.5) is 24.9 Å². The smallest absolute Gasteiger partial charge is 0.416 e. The molecule has 0 aliphatic rings. The second-order valence-electron chi connectivity index (χ2n) is 8.85. The first-order valence-corrected chi connectivity index (χ1v) is 10.8. The lowest BCUT2D eigenvalue weighted by atomic mass is 9.98. The van der Waals surface area contributed by atoms with Crippen molar-refractivity contribution in [2.75, 3.05) is 45.3 Å². The van der Waals surface area contributed by atoms with Crippen LogP contribution in [0.3, 0.4) is 0 Å². The number of ketones is 1. The van der Waals surface area contributed by atoms with Crippen molar-refractivity contribution < 1.29 is 27.2 Å². The van der Waals surface area contributed by atoms with Crippen LogP contribution in [-0.2, 0) is 17.4 Å². The molecule has 0 spiro atoms. The summed E-state index contributed by atoms with van der Waals surface area (Å²) in [5.74, 6) is -0.429. The number of Topliss-reactive ketones (excluding diaryl/α,β-unsaturated/α-hetero) is 1. The third kappa shape index (κ3) is 7.88. The number of ether oxygens (including phenoxy) is 1. The van der Waals surface area contributed by atoms with Crippen LogP contribution in [0.2, 0.25) is 0 Å². The predicted molar refractivity (Wildman–Crippen MR) is 122 cm³/mol. The molecule has 2 rings (SSSR count). The van der Waals surface area contributed by atoms with Crippen LogP contribution in [-0.4, -0.2) is 60.6 Å². The van der Waals surface area contributed by atoms with Gasteiger partial charge in [-0.15, -0.1) is 0 Å². The summed E-state index contributed by atoms with van der Waals surface area (Å²) in [5.41, 5.74) is 5.19. The molecule has 2 aromatic rings. The number of alkyl halides is 3. The van der Waals surface area contributed by atoms with Crippen LogP contribution in [0, 0.1) is 11.3 Å². The summed E-state index contributed by atoms with van der Waals surface area (Å²) in [6, 6.07) is 5.85. The van der Waals surface area contributed by atoms with Gasteiger partial charge in [0, 0.05) is 6.42 Å². The first kappa shape index (κ1) is 26.9. The zero-order chi connectivity index (χ0) is 25.5. The molecule has 0 unspecified atom stereocenters. The van der Waals surface area contributed by atoms with Crippen LogP contribution in [0.1, 0.15) is 36.5 Å². The lowest BCUT2D eigenvalue weighted by Gasteiger charge is -2.25. The maximum Gasteiger partial charge on any atom is 0.416 e. The molecule has 0 saturated carbocycles. The Bertz CT molecular complexity index is 1040. The fourth-order valence-corrected chi connectivity index (χ4v) is 3.33.